The summed E-state index contributed by atoms with van der Waals surface area (Å²) in [4.78, 5) is 4.65. The molecule has 5 nitrogen and oxygen atoms in total. The van der Waals surface area contributed by atoms with Crippen molar-refractivity contribution in [2.45, 2.75) is 40.3 Å². The molecule has 0 aromatic heterocycles. The number of guanidine groups is 1. The second-order valence-corrected chi connectivity index (χ2v) is 5.14. The highest BCUT2D eigenvalue weighted by Crippen LogP contribution is 2.11. The molecule has 0 aliphatic heterocycles. The fourth-order valence-electron chi connectivity index (χ4n) is 2.07. The van der Waals surface area contributed by atoms with E-state index in [2.05, 4.69) is 41.6 Å². The van der Waals surface area contributed by atoms with E-state index in [1.54, 1.807) is 0 Å². The van der Waals surface area contributed by atoms with E-state index in [1.165, 1.54) is 11.1 Å². The van der Waals surface area contributed by atoms with Crippen LogP contribution in [0.2, 0.25) is 0 Å². The molecule has 1 aromatic rings. The molecule has 1 rings (SSSR count). The van der Waals surface area contributed by atoms with Gasteiger partial charge in [-0.3, -0.25) is 0 Å². The molecular formula is C18H31N3O2. The Morgan fingerprint density at radius 3 is 2.48 bits per heavy atom. The van der Waals surface area contributed by atoms with Crippen LogP contribution in [0.5, 0.6) is 0 Å². The maximum absolute atomic E-state index is 5.66. The highest BCUT2D eigenvalue weighted by atomic mass is 16.5. The lowest BCUT2D eigenvalue weighted by Gasteiger charge is -2.12. The van der Waals surface area contributed by atoms with E-state index < -0.39 is 0 Å². The highest BCUT2D eigenvalue weighted by molar-refractivity contribution is 5.79. The minimum atomic E-state index is 0.635. The van der Waals surface area contributed by atoms with E-state index in [0.717, 1.165) is 38.7 Å². The Morgan fingerprint density at radius 1 is 1.00 bits per heavy atom. The smallest absolute Gasteiger partial charge is 0.191 e. The number of nitrogens with zero attached hydrogens (tertiary/aromatic N) is 1. The first-order chi connectivity index (χ1) is 11.3. The van der Waals surface area contributed by atoms with Crippen LogP contribution in [0.15, 0.2) is 29.3 Å². The molecular weight excluding hydrogens is 290 g/mol. The van der Waals surface area contributed by atoms with Gasteiger partial charge in [0.2, 0.25) is 0 Å². The van der Waals surface area contributed by atoms with E-state index >= 15 is 0 Å². The van der Waals surface area contributed by atoms with Gasteiger partial charge >= 0.3 is 0 Å². The SMILES string of the molecule is CCCOCc1ccccc1CN=C(NCC)NCCOCC. The third kappa shape index (κ3) is 8.57. The van der Waals surface area contributed by atoms with Crippen LogP contribution in [0.1, 0.15) is 38.3 Å². The Bertz CT molecular complexity index is 450. The monoisotopic (exact) mass is 321 g/mol. The summed E-state index contributed by atoms with van der Waals surface area (Å²) in [6, 6.07) is 8.31. The minimum Gasteiger partial charge on any atom is -0.380 e. The summed E-state index contributed by atoms with van der Waals surface area (Å²) in [5.74, 6) is 0.816. The van der Waals surface area contributed by atoms with Crippen LogP contribution >= 0.6 is 0 Å². The predicted molar refractivity (Wildman–Crippen MR) is 95.7 cm³/mol. The predicted octanol–water partition coefficient (Wildman–Crippen LogP) is 2.70. The van der Waals surface area contributed by atoms with Gasteiger partial charge in [0, 0.05) is 26.3 Å². The summed E-state index contributed by atoms with van der Waals surface area (Å²) in [7, 11) is 0. The van der Waals surface area contributed by atoms with Crippen molar-refractivity contribution in [1.29, 1.82) is 0 Å². The maximum atomic E-state index is 5.66. The molecule has 0 amide bonds. The van der Waals surface area contributed by atoms with E-state index in [4.69, 9.17) is 9.47 Å². The van der Waals surface area contributed by atoms with E-state index in [9.17, 15) is 0 Å². The number of benzene rings is 1. The average molecular weight is 321 g/mol. The van der Waals surface area contributed by atoms with Gasteiger partial charge < -0.3 is 20.1 Å². The Labute approximate surface area is 140 Å². The first kappa shape index (κ1) is 19.5. The van der Waals surface area contributed by atoms with Crippen molar-refractivity contribution in [1.82, 2.24) is 10.6 Å². The number of aliphatic imine (C=N–C) groups is 1. The first-order valence-electron chi connectivity index (χ1n) is 8.56. The molecule has 0 saturated heterocycles. The number of hydrogen-bond donors (Lipinski definition) is 2. The van der Waals surface area contributed by atoms with Crippen molar-refractivity contribution in [3.63, 3.8) is 0 Å². The van der Waals surface area contributed by atoms with Gasteiger partial charge in [-0.1, -0.05) is 31.2 Å². The maximum Gasteiger partial charge on any atom is 0.191 e. The van der Waals surface area contributed by atoms with Crippen LogP contribution in [-0.2, 0) is 22.6 Å². The van der Waals surface area contributed by atoms with Crippen molar-refractivity contribution < 1.29 is 9.47 Å². The zero-order valence-corrected chi connectivity index (χ0v) is 14.7. The van der Waals surface area contributed by atoms with Gasteiger partial charge in [-0.15, -0.1) is 0 Å². The fourth-order valence-corrected chi connectivity index (χ4v) is 2.07. The van der Waals surface area contributed by atoms with Gasteiger partial charge in [0.05, 0.1) is 19.8 Å². The molecule has 0 heterocycles. The molecule has 0 fully saturated rings. The summed E-state index contributed by atoms with van der Waals surface area (Å²) in [6.07, 6.45) is 1.04. The zero-order valence-electron chi connectivity index (χ0n) is 14.7. The van der Waals surface area contributed by atoms with Crippen molar-refractivity contribution in [2.75, 3.05) is 32.9 Å². The van der Waals surface area contributed by atoms with Crippen molar-refractivity contribution in [3.05, 3.63) is 35.4 Å². The third-order valence-corrected chi connectivity index (χ3v) is 3.22. The topological polar surface area (TPSA) is 54.9 Å². The summed E-state index contributed by atoms with van der Waals surface area (Å²) in [5.41, 5.74) is 2.40. The van der Waals surface area contributed by atoms with Crippen LogP contribution in [0.4, 0.5) is 0 Å². The number of rotatable bonds is 11. The van der Waals surface area contributed by atoms with E-state index in [1.807, 2.05) is 19.1 Å². The number of nitrogens with one attached hydrogen (secondary N) is 2. The van der Waals surface area contributed by atoms with Crippen LogP contribution in [0.3, 0.4) is 0 Å². The van der Waals surface area contributed by atoms with Crippen molar-refractivity contribution >= 4 is 5.96 Å². The molecule has 0 aliphatic carbocycles. The van der Waals surface area contributed by atoms with Gasteiger partial charge in [-0.05, 0) is 31.4 Å². The van der Waals surface area contributed by atoms with Crippen LogP contribution in [-0.4, -0.2) is 38.9 Å². The molecule has 0 spiro atoms. The largest absolute Gasteiger partial charge is 0.380 e. The number of hydrogen-bond acceptors (Lipinski definition) is 3. The van der Waals surface area contributed by atoms with Crippen LogP contribution in [0.25, 0.3) is 0 Å². The molecule has 1 aromatic carbocycles. The first-order valence-corrected chi connectivity index (χ1v) is 8.56. The minimum absolute atomic E-state index is 0.635. The standard InChI is InChI=1S/C18H31N3O2/c1-4-12-23-15-17-10-8-7-9-16(17)14-21-18(19-5-2)20-11-13-22-6-3/h7-10H,4-6,11-15H2,1-3H3,(H2,19,20,21). The molecule has 0 saturated carbocycles. The lowest BCUT2D eigenvalue weighted by atomic mass is 10.1. The molecule has 0 bridgehead atoms. The Morgan fingerprint density at radius 2 is 1.78 bits per heavy atom. The summed E-state index contributed by atoms with van der Waals surface area (Å²) >= 11 is 0. The lowest BCUT2D eigenvalue weighted by molar-refractivity contribution is 0.121. The van der Waals surface area contributed by atoms with Gasteiger partial charge in [-0.25, -0.2) is 4.99 Å². The average Bonchev–Trinajstić information content (AvgIpc) is 2.57. The Kier molecular flexibility index (Phi) is 10.9. The molecule has 130 valence electrons. The van der Waals surface area contributed by atoms with Crippen molar-refractivity contribution in [3.8, 4) is 0 Å². The van der Waals surface area contributed by atoms with Crippen LogP contribution in [0, 0.1) is 0 Å². The summed E-state index contributed by atoms with van der Waals surface area (Å²) in [5, 5.41) is 6.53. The third-order valence-electron chi connectivity index (χ3n) is 3.22. The zero-order chi connectivity index (χ0) is 16.8. The molecule has 5 heteroatoms. The summed E-state index contributed by atoms with van der Waals surface area (Å²) in [6.45, 7) is 11.3. The van der Waals surface area contributed by atoms with Gasteiger partial charge in [0.15, 0.2) is 5.96 Å². The van der Waals surface area contributed by atoms with Gasteiger partial charge in [-0.2, -0.15) is 0 Å². The second kappa shape index (κ2) is 12.9. The quantitative estimate of drug-likeness (QED) is 0.374. The summed E-state index contributed by atoms with van der Waals surface area (Å²) < 4.78 is 11.0. The molecule has 0 aliphatic rings. The molecule has 0 unspecified atom stereocenters. The van der Waals surface area contributed by atoms with Gasteiger partial charge in [0.25, 0.3) is 0 Å². The highest BCUT2D eigenvalue weighted by Gasteiger charge is 2.03. The molecule has 2 N–H and O–H groups in total. The normalized spacial score (nSPS) is 11.5. The fraction of sp³-hybridized carbons (Fsp3) is 0.611. The van der Waals surface area contributed by atoms with E-state index in [0.29, 0.717) is 19.8 Å². The van der Waals surface area contributed by atoms with Crippen molar-refractivity contribution in [2.24, 2.45) is 4.99 Å². The lowest BCUT2D eigenvalue weighted by Crippen LogP contribution is -2.39. The van der Waals surface area contributed by atoms with E-state index in [-0.39, 0.29) is 0 Å². The van der Waals surface area contributed by atoms with Crippen LogP contribution < -0.4 is 10.6 Å². The Balaban J connectivity index is 2.59. The Hall–Kier alpha value is -1.59. The molecule has 23 heavy (non-hydrogen) atoms. The second-order valence-electron chi connectivity index (χ2n) is 5.14. The van der Waals surface area contributed by atoms with Gasteiger partial charge in [0.1, 0.15) is 0 Å². The molecule has 0 atom stereocenters. The number of ether oxygens (including phenoxy) is 2. The molecule has 0 radical (unpaired) electrons.